The molecule has 1 amide bonds. The van der Waals surface area contributed by atoms with E-state index in [0.29, 0.717) is 19.6 Å². The normalized spacial score (nSPS) is 15.8. The number of hydrogen-bond acceptors (Lipinski definition) is 2. The number of likely N-dealkylation sites (tertiary alicyclic amines) is 1. The number of halogens is 1. The number of fused-ring (bicyclic) bond motifs is 1. The van der Waals surface area contributed by atoms with Crippen molar-refractivity contribution in [3.63, 3.8) is 0 Å². The molecule has 5 nitrogen and oxygen atoms in total. The number of carbonyl (C=O) groups is 1. The monoisotopic (exact) mass is 342 g/mol. The van der Waals surface area contributed by atoms with Crippen LogP contribution in [0.2, 0.25) is 0 Å². The lowest BCUT2D eigenvalue weighted by Gasteiger charge is -2.29. The average molecular weight is 342 g/mol. The lowest BCUT2D eigenvalue weighted by Crippen LogP contribution is -2.36. The van der Waals surface area contributed by atoms with Crippen molar-refractivity contribution in [1.29, 1.82) is 0 Å². The van der Waals surface area contributed by atoms with Gasteiger partial charge in [0, 0.05) is 30.2 Å². The van der Waals surface area contributed by atoms with E-state index in [1.54, 1.807) is 18.6 Å². The molecule has 0 atom stereocenters. The predicted octanol–water partition coefficient (Wildman–Crippen LogP) is 4.28. The van der Waals surface area contributed by atoms with Gasteiger partial charge in [0.2, 0.25) is 0 Å². The number of nitrogens with zero attached hydrogens (tertiary/aromatic N) is 2. The van der Waals surface area contributed by atoms with Crippen molar-refractivity contribution >= 4 is 17.0 Å². The van der Waals surface area contributed by atoms with Gasteiger partial charge in [-0.25, -0.2) is 9.18 Å². The molecule has 3 aromatic rings. The van der Waals surface area contributed by atoms with Gasteiger partial charge in [-0.1, -0.05) is 0 Å². The van der Waals surface area contributed by atoms with Crippen LogP contribution in [0.5, 0.6) is 0 Å². The zero-order valence-electron chi connectivity index (χ0n) is 13.7. The molecule has 130 valence electrons. The van der Waals surface area contributed by atoms with E-state index in [0.717, 1.165) is 29.3 Å². The fourth-order valence-electron chi connectivity index (χ4n) is 3.71. The van der Waals surface area contributed by atoms with Crippen LogP contribution < -0.4 is 0 Å². The summed E-state index contributed by atoms with van der Waals surface area (Å²) in [6.45, 7) is 1.69. The highest BCUT2D eigenvalue weighted by Gasteiger charge is 2.26. The molecule has 1 N–H and O–H groups in total. The smallest absolute Gasteiger partial charge is 0.407 e. The first-order chi connectivity index (χ1) is 12.1. The summed E-state index contributed by atoms with van der Waals surface area (Å²) in [4.78, 5) is 12.6. The van der Waals surface area contributed by atoms with E-state index in [9.17, 15) is 9.18 Å². The first-order valence-corrected chi connectivity index (χ1v) is 8.39. The van der Waals surface area contributed by atoms with Crippen LogP contribution in [0.25, 0.3) is 10.9 Å². The van der Waals surface area contributed by atoms with Crippen LogP contribution in [-0.4, -0.2) is 33.8 Å². The Balaban J connectivity index is 1.68. The van der Waals surface area contributed by atoms with E-state index < -0.39 is 6.09 Å². The summed E-state index contributed by atoms with van der Waals surface area (Å²) in [5.74, 6) is 0.0282. The highest BCUT2D eigenvalue weighted by atomic mass is 19.1. The lowest BCUT2D eigenvalue weighted by atomic mass is 9.89. The SMILES string of the molecule is O=C(O)N1CCC(c2cn(Cc3ccoc3)c3cc(F)ccc23)CC1. The number of rotatable bonds is 3. The molecule has 1 fully saturated rings. The Labute approximate surface area is 144 Å². The zero-order valence-corrected chi connectivity index (χ0v) is 13.7. The van der Waals surface area contributed by atoms with Gasteiger partial charge in [-0.3, -0.25) is 0 Å². The van der Waals surface area contributed by atoms with Crippen LogP contribution in [0.1, 0.15) is 29.9 Å². The number of hydrogen-bond donors (Lipinski definition) is 1. The summed E-state index contributed by atoms with van der Waals surface area (Å²) < 4.78 is 21.0. The molecule has 4 rings (SSSR count). The maximum Gasteiger partial charge on any atom is 0.407 e. The molecule has 1 aromatic carbocycles. The molecule has 25 heavy (non-hydrogen) atoms. The molecule has 0 aliphatic carbocycles. The summed E-state index contributed by atoms with van der Waals surface area (Å²) in [5, 5.41) is 10.2. The van der Waals surface area contributed by atoms with Gasteiger partial charge in [-0.05, 0) is 48.6 Å². The Bertz CT molecular complexity index is 893. The number of furan rings is 1. The molecule has 2 aromatic heterocycles. The first-order valence-electron chi connectivity index (χ1n) is 8.39. The molecule has 1 aliphatic heterocycles. The Kier molecular flexibility index (Phi) is 3.95. The van der Waals surface area contributed by atoms with Crippen LogP contribution in [0.4, 0.5) is 9.18 Å². The van der Waals surface area contributed by atoms with Crippen LogP contribution >= 0.6 is 0 Å². The highest BCUT2D eigenvalue weighted by Crippen LogP contribution is 2.35. The highest BCUT2D eigenvalue weighted by molar-refractivity contribution is 5.84. The van der Waals surface area contributed by atoms with Gasteiger partial charge in [0.05, 0.1) is 24.6 Å². The molecular formula is C19H19FN2O3. The average Bonchev–Trinajstić information content (AvgIpc) is 3.24. The van der Waals surface area contributed by atoms with E-state index in [1.165, 1.54) is 16.5 Å². The Morgan fingerprint density at radius 2 is 2.08 bits per heavy atom. The van der Waals surface area contributed by atoms with Crippen LogP contribution in [0.3, 0.4) is 0 Å². The summed E-state index contributed by atoms with van der Waals surface area (Å²) in [6.07, 6.45) is 6.12. The molecule has 0 bridgehead atoms. The molecular weight excluding hydrogens is 323 g/mol. The second-order valence-corrected chi connectivity index (χ2v) is 6.55. The maximum atomic E-state index is 13.8. The molecule has 1 aliphatic rings. The minimum atomic E-state index is -0.858. The van der Waals surface area contributed by atoms with Crippen molar-refractivity contribution in [2.75, 3.05) is 13.1 Å². The summed E-state index contributed by atoms with van der Waals surface area (Å²) in [7, 11) is 0. The van der Waals surface area contributed by atoms with Gasteiger partial charge in [0.1, 0.15) is 5.82 Å². The molecule has 0 radical (unpaired) electrons. The number of benzene rings is 1. The molecule has 0 spiro atoms. The van der Waals surface area contributed by atoms with Crippen molar-refractivity contribution in [3.05, 3.63) is 59.9 Å². The fourth-order valence-corrected chi connectivity index (χ4v) is 3.71. The zero-order chi connectivity index (χ0) is 17.4. The number of piperidine rings is 1. The Morgan fingerprint density at radius 3 is 2.76 bits per heavy atom. The third-order valence-corrected chi connectivity index (χ3v) is 5.01. The van der Waals surface area contributed by atoms with E-state index in [4.69, 9.17) is 9.52 Å². The van der Waals surface area contributed by atoms with Crippen molar-refractivity contribution in [2.24, 2.45) is 0 Å². The van der Waals surface area contributed by atoms with Crippen molar-refractivity contribution in [2.45, 2.75) is 25.3 Å². The van der Waals surface area contributed by atoms with Crippen molar-refractivity contribution < 1.29 is 18.7 Å². The van der Waals surface area contributed by atoms with Gasteiger partial charge in [0.15, 0.2) is 0 Å². The molecule has 1 saturated heterocycles. The minimum absolute atomic E-state index is 0.258. The van der Waals surface area contributed by atoms with E-state index in [2.05, 4.69) is 6.20 Å². The first kappa shape index (κ1) is 15.7. The van der Waals surface area contributed by atoms with E-state index in [1.807, 2.05) is 16.7 Å². The van der Waals surface area contributed by atoms with Crippen molar-refractivity contribution in [3.8, 4) is 0 Å². The van der Waals surface area contributed by atoms with E-state index in [-0.39, 0.29) is 11.7 Å². The topological polar surface area (TPSA) is 58.6 Å². The third kappa shape index (κ3) is 2.99. The Hall–Kier alpha value is -2.76. The van der Waals surface area contributed by atoms with Gasteiger partial charge in [0.25, 0.3) is 0 Å². The predicted molar refractivity (Wildman–Crippen MR) is 91.3 cm³/mol. The molecule has 0 saturated carbocycles. The third-order valence-electron chi connectivity index (χ3n) is 5.01. The van der Waals surface area contributed by atoms with Crippen LogP contribution in [-0.2, 0) is 6.54 Å². The molecule has 0 unspecified atom stereocenters. The quantitative estimate of drug-likeness (QED) is 0.773. The van der Waals surface area contributed by atoms with Gasteiger partial charge in [-0.15, -0.1) is 0 Å². The fraction of sp³-hybridized carbons (Fsp3) is 0.316. The summed E-state index contributed by atoms with van der Waals surface area (Å²) in [6, 6.07) is 6.78. The van der Waals surface area contributed by atoms with Gasteiger partial charge >= 0.3 is 6.09 Å². The standard InChI is InChI=1S/C19H19FN2O3/c20-15-1-2-16-17(14-3-6-21(7-4-14)19(23)24)11-22(18(16)9-15)10-13-5-8-25-12-13/h1-2,5,8-9,11-12,14H,3-4,6-7,10H2,(H,23,24). The largest absolute Gasteiger partial charge is 0.472 e. The van der Waals surface area contributed by atoms with Gasteiger partial charge < -0.3 is 19.0 Å². The molecule has 6 heteroatoms. The summed E-state index contributed by atoms with van der Waals surface area (Å²) >= 11 is 0. The number of carboxylic acid groups (broad SMARTS) is 1. The minimum Gasteiger partial charge on any atom is -0.472 e. The van der Waals surface area contributed by atoms with Crippen LogP contribution in [0, 0.1) is 5.82 Å². The molecule has 3 heterocycles. The maximum absolute atomic E-state index is 13.8. The van der Waals surface area contributed by atoms with Gasteiger partial charge in [-0.2, -0.15) is 0 Å². The van der Waals surface area contributed by atoms with Crippen LogP contribution in [0.15, 0.2) is 47.4 Å². The Morgan fingerprint density at radius 1 is 1.28 bits per heavy atom. The van der Waals surface area contributed by atoms with E-state index >= 15 is 0 Å². The second kappa shape index (κ2) is 6.27. The lowest BCUT2D eigenvalue weighted by molar-refractivity contribution is 0.132. The second-order valence-electron chi connectivity index (χ2n) is 6.55. The van der Waals surface area contributed by atoms with Crippen molar-refractivity contribution in [1.82, 2.24) is 9.47 Å². The number of aromatic nitrogens is 1. The summed E-state index contributed by atoms with van der Waals surface area (Å²) in [5.41, 5.74) is 3.05. The number of amides is 1.